The molecule has 88 valence electrons. The molecule has 0 fully saturated rings. The second kappa shape index (κ2) is 4.97. The van der Waals surface area contributed by atoms with Gasteiger partial charge >= 0.3 is 5.00 Å². The lowest BCUT2D eigenvalue weighted by molar-refractivity contribution is -0.380. The molecule has 0 amide bonds. The number of hydrogen-bond donors (Lipinski definition) is 1. The standard InChI is InChI=1S/C12H12N2O2S/c1-9-3-2-4-11(5-9)13-7-10-6-12(14(15)16)17-8-10/h2-6,8,13H,7H2,1H3. The van der Waals surface area contributed by atoms with Gasteiger partial charge in [0.05, 0.1) is 4.92 Å². The predicted octanol–water partition coefficient (Wildman–Crippen LogP) is 3.58. The Bertz CT molecular complexity index is 537. The first-order chi connectivity index (χ1) is 8.15. The van der Waals surface area contributed by atoms with Gasteiger partial charge in [0.2, 0.25) is 0 Å². The molecule has 1 heterocycles. The Kier molecular flexibility index (Phi) is 3.39. The summed E-state index contributed by atoms with van der Waals surface area (Å²) < 4.78 is 0. The Morgan fingerprint density at radius 3 is 2.88 bits per heavy atom. The van der Waals surface area contributed by atoms with E-state index in [1.54, 1.807) is 11.4 Å². The first-order valence-corrected chi connectivity index (χ1v) is 6.05. The van der Waals surface area contributed by atoms with E-state index in [4.69, 9.17) is 0 Å². The maximum atomic E-state index is 10.5. The molecule has 4 nitrogen and oxygen atoms in total. The summed E-state index contributed by atoms with van der Waals surface area (Å²) in [4.78, 5) is 10.2. The zero-order valence-electron chi connectivity index (χ0n) is 9.34. The van der Waals surface area contributed by atoms with Gasteiger partial charge in [0.25, 0.3) is 0 Å². The van der Waals surface area contributed by atoms with Crippen LogP contribution in [0.5, 0.6) is 0 Å². The summed E-state index contributed by atoms with van der Waals surface area (Å²) in [5.41, 5.74) is 3.15. The molecule has 2 aromatic rings. The minimum absolute atomic E-state index is 0.186. The predicted molar refractivity (Wildman–Crippen MR) is 69.5 cm³/mol. The van der Waals surface area contributed by atoms with Crippen LogP contribution in [-0.4, -0.2) is 4.92 Å². The van der Waals surface area contributed by atoms with E-state index in [1.165, 1.54) is 5.56 Å². The molecular formula is C12H12N2O2S. The van der Waals surface area contributed by atoms with E-state index in [9.17, 15) is 10.1 Å². The molecule has 0 saturated carbocycles. The van der Waals surface area contributed by atoms with E-state index >= 15 is 0 Å². The van der Waals surface area contributed by atoms with Gasteiger partial charge in [-0.05, 0) is 30.2 Å². The average Bonchev–Trinajstić information content (AvgIpc) is 2.75. The fourth-order valence-corrected chi connectivity index (χ4v) is 2.24. The summed E-state index contributed by atoms with van der Waals surface area (Å²) >= 11 is 1.16. The van der Waals surface area contributed by atoms with Crippen LogP contribution < -0.4 is 5.32 Å². The van der Waals surface area contributed by atoms with E-state index in [0.29, 0.717) is 6.54 Å². The van der Waals surface area contributed by atoms with Crippen LogP contribution in [0, 0.1) is 17.0 Å². The summed E-state index contributed by atoms with van der Waals surface area (Å²) in [7, 11) is 0. The first-order valence-electron chi connectivity index (χ1n) is 5.17. The topological polar surface area (TPSA) is 55.2 Å². The number of hydrogen-bond acceptors (Lipinski definition) is 4. The normalized spacial score (nSPS) is 10.2. The monoisotopic (exact) mass is 248 g/mol. The van der Waals surface area contributed by atoms with Crippen molar-refractivity contribution >= 4 is 22.0 Å². The van der Waals surface area contributed by atoms with Gasteiger partial charge in [0, 0.05) is 23.7 Å². The molecule has 1 N–H and O–H groups in total. The van der Waals surface area contributed by atoms with Gasteiger partial charge in [-0.15, -0.1) is 0 Å². The zero-order valence-corrected chi connectivity index (χ0v) is 10.2. The van der Waals surface area contributed by atoms with E-state index in [-0.39, 0.29) is 9.92 Å². The van der Waals surface area contributed by atoms with Crippen LogP contribution >= 0.6 is 11.3 Å². The molecular weight excluding hydrogens is 236 g/mol. The van der Waals surface area contributed by atoms with Crippen molar-refractivity contribution in [3.05, 3.63) is 57.0 Å². The Hall–Kier alpha value is -1.88. The van der Waals surface area contributed by atoms with Crippen molar-refractivity contribution in [3.8, 4) is 0 Å². The van der Waals surface area contributed by atoms with Gasteiger partial charge in [0.15, 0.2) is 0 Å². The Morgan fingerprint density at radius 2 is 2.24 bits per heavy atom. The molecule has 2 rings (SSSR count). The molecule has 0 aliphatic heterocycles. The van der Waals surface area contributed by atoms with Gasteiger partial charge in [-0.1, -0.05) is 23.5 Å². The fraction of sp³-hybridized carbons (Fsp3) is 0.167. The molecule has 0 unspecified atom stereocenters. The maximum Gasteiger partial charge on any atom is 0.324 e. The van der Waals surface area contributed by atoms with Crippen LogP contribution in [0.25, 0.3) is 0 Å². The Balaban J connectivity index is 2.00. The van der Waals surface area contributed by atoms with Crippen molar-refractivity contribution in [1.82, 2.24) is 0 Å². The average molecular weight is 248 g/mol. The summed E-state index contributed by atoms with van der Waals surface area (Å²) in [5, 5.41) is 15.8. The van der Waals surface area contributed by atoms with Crippen molar-refractivity contribution in [2.75, 3.05) is 5.32 Å². The fourth-order valence-electron chi connectivity index (χ4n) is 1.51. The summed E-state index contributed by atoms with van der Waals surface area (Å²) in [6.45, 7) is 2.63. The van der Waals surface area contributed by atoms with Crippen LogP contribution in [0.4, 0.5) is 10.7 Å². The number of benzene rings is 1. The van der Waals surface area contributed by atoms with Crippen LogP contribution in [-0.2, 0) is 6.54 Å². The third-order valence-electron chi connectivity index (χ3n) is 2.33. The highest BCUT2D eigenvalue weighted by atomic mass is 32.1. The lowest BCUT2D eigenvalue weighted by atomic mass is 10.2. The molecule has 0 aliphatic carbocycles. The van der Waals surface area contributed by atoms with Crippen molar-refractivity contribution < 1.29 is 4.92 Å². The zero-order chi connectivity index (χ0) is 12.3. The van der Waals surface area contributed by atoms with Gasteiger partial charge in [0.1, 0.15) is 0 Å². The molecule has 5 heteroatoms. The van der Waals surface area contributed by atoms with Crippen molar-refractivity contribution in [1.29, 1.82) is 0 Å². The number of anilines is 1. The first kappa shape index (κ1) is 11.6. The molecule has 0 saturated heterocycles. The van der Waals surface area contributed by atoms with E-state index in [1.807, 2.05) is 31.2 Å². The van der Waals surface area contributed by atoms with Crippen LogP contribution in [0.1, 0.15) is 11.1 Å². The van der Waals surface area contributed by atoms with Crippen molar-refractivity contribution in [2.24, 2.45) is 0 Å². The maximum absolute atomic E-state index is 10.5. The van der Waals surface area contributed by atoms with Gasteiger partial charge in [-0.2, -0.15) is 0 Å². The lowest BCUT2D eigenvalue weighted by Gasteiger charge is -2.05. The molecule has 1 aromatic heterocycles. The highest BCUT2D eigenvalue weighted by Crippen LogP contribution is 2.23. The van der Waals surface area contributed by atoms with E-state index < -0.39 is 0 Å². The van der Waals surface area contributed by atoms with Crippen molar-refractivity contribution in [2.45, 2.75) is 13.5 Å². The van der Waals surface area contributed by atoms with E-state index in [2.05, 4.69) is 5.32 Å². The second-order valence-electron chi connectivity index (χ2n) is 3.77. The van der Waals surface area contributed by atoms with E-state index in [0.717, 1.165) is 22.6 Å². The number of nitrogens with one attached hydrogen (secondary N) is 1. The van der Waals surface area contributed by atoms with Crippen LogP contribution in [0.2, 0.25) is 0 Å². The summed E-state index contributed by atoms with van der Waals surface area (Å²) in [5.74, 6) is 0. The quantitative estimate of drug-likeness (QED) is 0.664. The van der Waals surface area contributed by atoms with Gasteiger partial charge in [-0.25, -0.2) is 0 Å². The number of nitrogens with zero attached hydrogens (tertiary/aromatic N) is 1. The molecule has 0 atom stereocenters. The highest BCUT2D eigenvalue weighted by molar-refractivity contribution is 7.13. The largest absolute Gasteiger partial charge is 0.381 e. The Labute approximate surface area is 103 Å². The summed E-state index contributed by atoms with van der Waals surface area (Å²) in [6.07, 6.45) is 0. The molecule has 1 aromatic carbocycles. The molecule has 0 aliphatic rings. The molecule has 0 radical (unpaired) electrons. The van der Waals surface area contributed by atoms with Crippen LogP contribution in [0.3, 0.4) is 0 Å². The molecule has 17 heavy (non-hydrogen) atoms. The Morgan fingerprint density at radius 1 is 1.41 bits per heavy atom. The molecule has 0 spiro atoms. The number of nitro groups is 1. The summed E-state index contributed by atoms with van der Waals surface area (Å²) in [6, 6.07) is 9.64. The second-order valence-corrected chi connectivity index (χ2v) is 4.66. The minimum Gasteiger partial charge on any atom is -0.381 e. The third-order valence-corrected chi connectivity index (χ3v) is 3.26. The SMILES string of the molecule is Cc1cccc(NCc2csc([N+](=O)[O-])c2)c1. The molecule has 0 bridgehead atoms. The third kappa shape index (κ3) is 3.04. The van der Waals surface area contributed by atoms with Gasteiger partial charge < -0.3 is 5.32 Å². The highest BCUT2D eigenvalue weighted by Gasteiger charge is 2.08. The van der Waals surface area contributed by atoms with Crippen molar-refractivity contribution in [3.63, 3.8) is 0 Å². The number of aryl methyl sites for hydroxylation is 1. The smallest absolute Gasteiger partial charge is 0.324 e. The minimum atomic E-state index is -0.360. The van der Waals surface area contributed by atoms with Gasteiger partial charge in [-0.3, -0.25) is 10.1 Å². The lowest BCUT2D eigenvalue weighted by Crippen LogP contribution is -1.97. The number of rotatable bonds is 4. The number of thiophene rings is 1. The van der Waals surface area contributed by atoms with Crippen LogP contribution in [0.15, 0.2) is 35.7 Å².